The van der Waals surface area contributed by atoms with Crippen LogP contribution in [0.3, 0.4) is 0 Å². The Morgan fingerprint density at radius 2 is 1.81 bits per heavy atom. The highest BCUT2D eigenvalue weighted by Gasteiger charge is 2.34. The number of aromatic amines is 1. The summed E-state index contributed by atoms with van der Waals surface area (Å²) in [6.45, 7) is 9.92. The normalized spacial score (nSPS) is 15.0. The van der Waals surface area contributed by atoms with Crippen LogP contribution in [0.15, 0.2) is 0 Å². The predicted molar refractivity (Wildman–Crippen MR) is 99.3 cm³/mol. The largest absolute Gasteiger partial charge is 0.464 e. The smallest absolute Gasteiger partial charge is 0.354 e. The predicted octanol–water partition coefficient (Wildman–Crippen LogP) is 3.27. The van der Waals surface area contributed by atoms with Gasteiger partial charge in [0.25, 0.3) is 0 Å². The molecular weight excluding hydrogens is 332 g/mol. The first kappa shape index (κ1) is 20.2. The minimum Gasteiger partial charge on any atom is -0.464 e. The number of ketones is 1. The van der Waals surface area contributed by atoms with Gasteiger partial charge in [0, 0.05) is 24.2 Å². The molecule has 1 fully saturated rings. The number of hydrogen-bond donors (Lipinski definition) is 1. The topological polar surface area (TPSA) is 79.5 Å². The van der Waals surface area contributed by atoms with Crippen LogP contribution in [0.25, 0.3) is 0 Å². The summed E-state index contributed by atoms with van der Waals surface area (Å²) < 4.78 is 4.77. The van der Waals surface area contributed by atoms with Gasteiger partial charge in [-0.3, -0.25) is 9.59 Å². The zero-order valence-corrected chi connectivity index (χ0v) is 16.6. The van der Waals surface area contributed by atoms with Gasteiger partial charge >= 0.3 is 5.97 Å². The van der Waals surface area contributed by atoms with Crippen LogP contribution in [0.4, 0.5) is 0 Å². The maximum absolute atomic E-state index is 13.2. The van der Waals surface area contributed by atoms with E-state index in [1.54, 1.807) is 25.7 Å². The number of hydrogen-bond acceptors (Lipinski definition) is 4. The average molecular weight is 362 g/mol. The fraction of sp³-hybridized carbons (Fsp3) is 0.650. The number of nitrogens with one attached hydrogen (secondary N) is 1. The van der Waals surface area contributed by atoms with E-state index in [1.807, 2.05) is 13.8 Å². The first-order chi connectivity index (χ1) is 12.2. The summed E-state index contributed by atoms with van der Waals surface area (Å²) in [6.07, 6.45) is 2.66. The molecule has 0 bridgehead atoms. The third-order valence-electron chi connectivity index (χ3n) is 4.98. The van der Waals surface area contributed by atoms with Crippen LogP contribution >= 0.6 is 0 Å². The Kier molecular flexibility index (Phi) is 6.26. The van der Waals surface area contributed by atoms with Crippen molar-refractivity contribution < 1.29 is 19.1 Å². The Bertz CT molecular complexity index is 701. The van der Waals surface area contributed by atoms with Gasteiger partial charge in [-0.2, -0.15) is 0 Å². The summed E-state index contributed by atoms with van der Waals surface area (Å²) in [4.78, 5) is 42.5. The van der Waals surface area contributed by atoms with E-state index in [2.05, 4.69) is 4.98 Å². The van der Waals surface area contributed by atoms with Gasteiger partial charge in [-0.1, -0.05) is 13.8 Å². The molecule has 1 saturated carbocycles. The Morgan fingerprint density at radius 1 is 1.19 bits per heavy atom. The van der Waals surface area contributed by atoms with Gasteiger partial charge in [0.15, 0.2) is 5.78 Å². The minimum atomic E-state index is -0.555. The molecule has 0 aliphatic heterocycles. The number of aromatic nitrogens is 1. The van der Waals surface area contributed by atoms with Crippen LogP contribution in [-0.4, -0.2) is 47.2 Å². The van der Waals surface area contributed by atoms with Crippen molar-refractivity contribution in [3.8, 4) is 0 Å². The van der Waals surface area contributed by atoms with Crippen molar-refractivity contribution in [1.29, 1.82) is 0 Å². The molecule has 1 aliphatic carbocycles. The summed E-state index contributed by atoms with van der Waals surface area (Å²) in [5.41, 5.74) is 1.98. The van der Waals surface area contributed by atoms with Gasteiger partial charge in [-0.15, -0.1) is 0 Å². The quantitative estimate of drug-likeness (QED) is 0.568. The number of amides is 1. The van der Waals surface area contributed by atoms with Gasteiger partial charge in [-0.05, 0) is 51.0 Å². The van der Waals surface area contributed by atoms with E-state index >= 15 is 0 Å². The molecule has 0 spiro atoms. The Morgan fingerprint density at radius 3 is 2.31 bits per heavy atom. The molecule has 1 unspecified atom stereocenters. The van der Waals surface area contributed by atoms with Crippen molar-refractivity contribution in [3.63, 3.8) is 0 Å². The molecule has 0 saturated heterocycles. The number of rotatable bonds is 8. The zero-order valence-electron chi connectivity index (χ0n) is 16.6. The molecule has 1 N–H and O–H groups in total. The fourth-order valence-electron chi connectivity index (χ4n) is 3.30. The molecule has 1 heterocycles. The Balaban J connectivity index is 2.29. The van der Waals surface area contributed by atoms with Gasteiger partial charge in [0.05, 0.1) is 13.2 Å². The van der Waals surface area contributed by atoms with Gasteiger partial charge in [-0.25, -0.2) is 4.79 Å². The lowest BCUT2D eigenvalue weighted by molar-refractivity contribution is -0.133. The summed E-state index contributed by atoms with van der Waals surface area (Å²) in [6, 6.07) is -0.555. The van der Waals surface area contributed by atoms with E-state index in [0.29, 0.717) is 41.4 Å². The van der Waals surface area contributed by atoms with Crippen LogP contribution in [0.2, 0.25) is 0 Å². The monoisotopic (exact) mass is 362 g/mol. The van der Waals surface area contributed by atoms with E-state index in [0.717, 1.165) is 12.8 Å². The fourth-order valence-corrected chi connectivity index (χ4v) is 3.30. The van der Waals surface area contributed by atoms with Crippen molar-refractivity contribution in [2.45, 2.75) is 59.9 Å². The summed E-state index contributed by atoms with van der Waals surface area (Å²) in [5, 5.41) is 0. The zero-order chi connectivity index (χ0) is 19.6. The molecule has 0 aromatic carbocycles. The number of aryl methyl sites for hydroxylation is 1. The molecule has 2 rings (SSSR count). The van der Waals surface area contributed by atoms with Crippen LogP contribution in [0, 0.1) is 25.7 Å². The average Bonchev–Trinajstić information content (AvgIpc) is 3.34. The lowest BCUT2D eigenvalue weighted by Crippen LogP contribution is -2.45. The third-order valence-corrected chi connectivity index (χ3v) is 4.98. The number of esters is 1. The van der Waals surface area contributed by atoms with Gasteiger partial charge in [0.2, 0.25) is 5.91 Å². The number of nitrogens with zero attached hydrogens (tertiary/aromatic N) is 1. The standard InChI is InChI=1S/C20H30N2O4/c1-11(2)9-16(23)22(10-15-7-8-15)14(5)19(24)17-12(3)18(20(25)26-6)21-13(17)4/h11,14-15,21H,7-10H2,1-6H3. The molecule has 144 valence electrons. The second kappa shape index (κ2) is 8.06. The van der Waals surface area contributed by atoms with E-state index in [1.165, 1.54) is 7.11 Å². The van der Waals surface area contributed by atoms with Crippen molar-refractivity contribution in [2.75, 3.05) is 13.7 Å². The molecule has 6 nitrogen and oxygen atoms in total. The lowest BCUT2D eigenvalue weighted by atomic mass is 9.98. The van der Waals surface area contributed by atoms with E-state index in [9.17, 15) is 14.4 Å². The number of methoxy groups -OCH3 is 1. The Hall–Kier alpha value is -2.11. The van der Waals surface area contributed by atoms with E-state index < -0.39 is 12.0 Å². The molecule has 0 radical (unpaired) electrons. The molecular formula is C20H30N2O4. The number of carbonyl (C=O) groups excluding carboxylic acids is 3. The van der Waals surface area contributed by atoms with Crippen LogP contribution in [0.1, 0.15) is 72.1 Å². The summed E-state index contributed by atoms with van der Waals surface area (Å²) in [7, 11) is 1.31. The maximum atomic E-state index is 13.2. The van der Waals surface area contributed by atoms with Crippen LogP contribution < -0.4 is 0 Å². The molecule has 26 heavy (non-hydrogen) atoms. The third kappa shape index (κ3) is 4.34. The molecule has 1 aromatic heterocycles. The van der Waals surface area contributed by atoms with Crippen molar-refractivity contribution >= 4 is 17.7 Å². The number of ether oxygens (including phenoxy) is 1. The number of H-pyrrole nitrogens is 1. The Labute approximate surface area is 155 Å². The van der Waals surface area contributed by atoms with E-state index in [-0.39, 0.29) is 17.6 Å². The van der Waals surface area contributed by atoms with Crippen molar-refractivity contribution in [1.82, 2.24) is 9.88 Å². The first-order valence-electron chi connectivity index (χ1n) is 9.28. The molecule has 1 aliphatic rings. The van der Waals surface area contributed by atoms with Gasteiger partial charge in [0.1, 0.15) is 5.69 Å². The maximum Gasteiger partial charge on any atom is 0.354 e. The SMILES string of the molecule is COC(=O)c1[nH]c(C)c(C(=O)C(C)N(CC2CC2)C(=O)CC(C)C)c1C. The molecule has 1 amide bonds. The molecule has 6 heteroatoms. The lowest BCUT2D eigenvalue weighted by Gasteiger charge is -2.29. The number of Topliss-reactive ketones (excluding diaryl/α,β-unsaturated/α-hetero) is 1. The second-order valence-electron chi connectivity index (χ2n) is 7.74. The second-order valence-corrected chi connectivity index (χ2v) is 7.74. The molecule has 1 aromatic rings. The number of carbonyl (C=O) groups is 3. The highest BCUT2D eigenvalue weighted by Crippen LogP contribution is 2.31. The minimum absolute atomic E-state index is 0.0202. The summed E-state index contributed by atoms with van der Waals surface area (Å²) >= 11 is 0. The molecule has 1 atom stereocenters. The van der Waals surface area contributed by atoms with Crippen LogP contribution in [0.5, 0.6) is 0 Å². The van der Waals surface area contributed by atoms with Crippen LogP contribution in [-0.2, 0) is 9.53 Å². The van der Waals surface area contributed by atoms with Crippen molar-refractivity contribution in [3.05, 3.63) is 22.5 Å². The highest BCUT2D eigenvalue weighted by atomic mass is 16.5. The van der Waals surface area contributed by atoms with Gasteiger partial charge < -0.3 is 14.6 Å². The van der Waals surface area contributed by atoms with E-state index in [4.69, 9.17) is 4.74 Å². The van der Waals surface area contributed by atoms with Crippen molar-refractivity contribution in [2.24, 2.45) is 11.8 Å². The first-order valence-corrected chi connectivity index (χ1v) is 9.28. The summed E-state index contributed by atoms with van der Waals surface area (Å²) in [5.74, 6) is 0.132. The highest BCUT2D eigenvalue weighted by molar-refractivity contribution is 6.06.